The van der Waals surface area contributed by atoms with Crippen LogP contribution in [0.3, 0.4) is 0 Å². The van der Waals surface area contributed by atoms with E-state index in [0.29, 0.717) is 19.7 Å². The molecular formula is C17H28BrNO3SSi. The normalized spacial score (nSPS) is 18.7. The molecule has 0 aliphatic carbocycles. The Hall–Kier alpha value is -0.373. The minimum atomic E-state index is -2.88. The summed E-state index contributed by atoms with van der Waals surface area (Å²) in [6.07, 6.45) is 0. The zero-order chi connectivity index (χ0) is 18.2. The Balaban J connectivity index is 2.20. The molecule has 1 aromatic carbocycles. The number of anilines is 1. The van der Waals surface area contributed by atoms with Crippen LogP contribution in [0, 0.1) is 0 Å². The lowest BCUT2D eigenvalue weighted by Crippen LogP contribution is -2.42. The summed E-state index contributed by atoms with van der Waals surface area (Å²) in [6.45, 7) is 12.9. The first-order chi connectivity index (χ1) is 10.9. The van der Waals surface area contributed by atoms with Gasteiger partial charge in [0.25, 0.3) is 0 Å². The first-order valence-electron chi connectivity index (χ1n) is 8.29. The molecule has 0 spiro atoms. The molecule has 2 rings (SSSR count). The van der Waals surface area contributed by atoms with Crippen LogP contribution in [0.5, 0.6) is 0 Å². The van der Waals surface area contributed by atoms with Gasteiger partial charge in [-0.05, 0) is 35.8 Å². The standard InChI is InChI=1S/C17H28BrNO3SSi/c1-17(2,3)24(4,5)22-13-14-6-7-15(18)12-16(14)19-8-10-23(20,21)11-9-19/h6-7,12H,8-11,13H2,1-5H3. The largest absolute Gasteiger partial charge is 0.412 e. The highest BCUT2D eigenvalue weighted by atomic mass is 79.9. The number of nitrogens with zero attached hydrogens (tertiary/aromatic N) is 1. The minimum absolute atomic E-state index is 0.168. The van der Waals surface area contributed by atoms with Crippen LogP contribution in [-0.4, -0.2) is 41.3 Å². The summed E-state index contributed by atoms with van der Waals surface area (Å²) >= 11 is 3.53. The molecule has 7 heteroatoms. The highest BCUT2D eigenvalue weighted by Gasteiger charge is 2.37. The Morgan fingerprint density at radius 2 is 1.79 bits per heavy atom. The average Bonchev–Trinajstić information content (AvgIpc) is 2.45. The van der Waals surface area contributed by atoms with E-state index in [2.05, 4.69) is 66.8 Å². The van der Waals surface area contributed by atoms with Crippen LogP contribution in [0.2, 0.25) is 18.1 Å². The van der Waals surface area contributed by atoms with Gasteiger partial charge >= 0.3 is 0 Å². The maximum absolute atomic E-state index is 11.7. The lowest BCUT2D eigenvalue weighted by atomic mass is 10.1. The van der Waals surface area contributed by atoms with Gasteiger partial charge in [0.05, 0.1) is 18.1 Å². The molecular weight excluding hydrogens is 406 g/mol. The van der Waals surface area contributed by atoms with Crippen molar-refractivity contribution in [3.63, 3.8) is 0 Å². The van der Waals surface area contributed by atoms with E-state index in [-0.39, 0.29) is 16.5 Å². The van der Waals surface area contributed by atoms with Crippen LogP contribution < -0.4 is 4.90 Å². The molecule has 1 aliphatic rings. The van der Waals surface area contributed by atoms with Gasteiger partial charge in [-0.15, -0.1) is 0 Å². The fourth-order valence-electron chi connectivity index (χ4n) is 2.38. The Morgan fingerprint density at radius 1 is 1.21 bits per heavy atom. The minimum Gasteiger partial charge on any atom is -0.412 e. The molecule has 0 radical (unpaired) electrons. The second-order valence-corrected chi connectivity index (χ2v) is 16.0. The second-order valence-electron chi connectivity index (χ2n) is 7.96. The van der Waals surface area contributed by atoms with E-state index in [1.54, 1.807) is 0 Å². The zero-order valence-electron chi connectivity index (χ0n) is 15.2. The first-order valence-corrected chi connectivity index (χ1v) is 13.8. The van der Waals surface area contributed by atoms with Crippen molar-refractivity contribution in [2.45, 2.75) is 45.5 Å². The second kappa shape index (κ2) is 7.09. The first kappa shape index (κ1) is 19.9. The lowest BCUT2D eigenvalue weighted by molar-refractivity contribution is 0.276. The van der Waals surface area contributed by atoms with Crippen LogP contribution in [-0.2, 0) is 20.9 Å². The van der Waals surface area contributed by atoms with Crippen molar-refractivity contribution in [1.29, 1.82) is 0 Å². The lowest BCUT2D eigenvalue weighted by Gasteiger charge is -2.37. The molecule has 0 atom stereocenters. The average molecular weight is 434 g/mol. The van der Waals surface area contributed by atoms with E-state index < -0.39 is 18.2 Å². The zero-order valence-corrected chi connectivity index (χ0v) is 18.6. The maximum atomic E-state index is 11.7. The van der Waals surface area contributed by atoms with Crippen molar-refractivity contribution < 1.29 is 12.8 Å². The van der Waals surface area contributed by atoms with E-state index in [0.717, 1.165) is 15.7 Å². The fourth-order valence-corrected chi connectivity index (χ4v) is 4.88. The number of hydrogen-bond acceptors (Lipinski definition) is 4. The highest BCUT2D eigenvalue weighted by Crippen LogP contribution is 2.38. The van der Waals surface area contributed by atoms with Gasteiger partial charge in [-0.3, -0.25) is 0 Å². The third kappa shape index (κ3) is 4.83. The maximum Gasteiger partial charge on any atom is 0.192 e. The summed E-state index contributed by atoms with van der Waals surface area (Å²) in [5.41, 5.74) is 2.21. The van der Waals surface area contributed by atoms with Gasteiger partial charge in [0, 0.05) is 23.2 Å². The number of halogens is 1. The molecule has 0 bridgehead atoms. The van der Waals surface area contributed by atoms with E-state index in [1.165, 1.54) is 0 Å². The third-order valence-corrected chi connectivity index (χ3v) is 11.7. The molecule has 1 heterocycles. The fraction of sp³-hybridized carbons (Fsp3) is 0.647. The van der Waals surface area contributed by atoms with Gasteiger partial charge in [-0.25, -0.2) is 8.42 Å². The summed E-state index contributed by atoms with van der Waals surface area (Å²) < 4.78 is 30.8. The molecule has 1 fully saturated rings. The van der Waals surface area contributed by atoms with Crippen LogP contribution in [0.15, 0.2) is 22.7 Å². The van der Waals surface area contributed by atoms with E-state index >= 15 is 0 Å². The molecule has 0 unspecified atom stereocenters. The monoisotopic (exact) mass is 433 g/mol. The van der Waals surface area contributed by atoms with Gasteiger partial charge in [-0.2, -0.15) is 0 Å². The Morgan fingerprint density at radius 3 is 2.33 bits per heavy atom. The van der Waals surface area contributed by atoms with Crippen molar-refractivity contribution in [3.05, 3.63) is 28.2 Å². The van der Waals surface area contributed by atoms with E-state index in [9.17, 15) is 8.42 Å². The predicted molar refractivity (Wildman–Crippen MR) is 107 cm³/mol. The number of sulfone groups is 1. The molecule has 0 N–H and O–H groups in total. The summed E-state index contributed by atoms with van der Waals surface area (Å²) in [5, 5.41) is 0.168. The summed E-state index contributed by atoms with van der Waals surface area (Å²) in [7, 11) is -4.70. The molecule has 24 heavy (non-hydrogen) atoms. The molecule has 1 aromatic rings. The highest BCUT2D eigenvalue weighted by molar-refractivity contribution is 9.10. The van der Waals surface area contributed by atoms with Crippen molar-refractivity contribution in [3.8, 4) is 0 Å². The Labute approximate surface area is 155 Å². The Kier molecular flexibility index (Phi) is 5.89. The van der Waals surface area contributed by atoms with Gasteiger partial charge in [0.2, 0.25) is 0 Å². The van der Waals surface area contributed by atoms with Gasteiger partial charge < -0.3 is 9.33 Å². The van der Waals surface area contributed by atoms with E-state index in [4.69, 9.17) is 4.43 Å². The van der Waals surface area contributed by atoms with Crippen LogP contribution in [0.4, 0.5) is 5.69 Å². The molecule has 1 aliphatic heterocycles. The van der Waals surface area contributed by atoms with Gasteiger partial charge in [-0.1, -0.05) is 42.8 Å². The molecule has 0 saturated carbocycles. The Bertz CT molecular complexity index is 684. The van der Waals surface area contributed by atoms with Crippen LogP contribution >= 0.6 is 15.9 Å². The molecule has 0 amide bonds. The molecule has 4 nitrogen and oxygen atoms in total. The number of rotatable bonds is 4. The number of hydrogen-bond donors (Lipinski definition) is 0. The molecule has 1 saturated heterocycles. The number of benzene rings is 1. The topological polar surface area (TPSA) is 46.6 Å². The van der Waals surface area contributed by atoms with Crippen molar-refractivity contribution >= 4 is 39.8 Å². The van der Waals surface area contributed by atoms with Crippen molar-refractivity contribution in [2.75, 3.05) is 29.5 Å². The van der Waals surface area contributed by atoms with Crippen LogP contribution in [0.25, 0.3) is 0 Å². The van der Waals surface area contributed by atoms with Gasteiger partial charge in [0.1, 0.15) is 0 Å². The quantitative estimate of drug-likeness (QED) is 0.667. The summed E-state index contributed by atoms with van der Waals surface area (Å²) in [6, 6.07) is 6.17. The predicted octanol–water partition coefficient (Wildman–Crippen LogP) is 4.21. The van der Waals surface area contributed by atoms with Crippen LogP contribution in [0.1, 0.15) is 26.3 Å². The summed E-state index contributed by atoms with van der Waals surface area (Å²) in [4.78, 5) is 2.16. The smallest absolute Gasteiger partial charge is 0.192 e. The molecule has 0 aromatic heterocycles. The van der Waals surface area contributed by atoms with Gasteiger partial charge in [0.15, 0.2) is 18.2 Å². The SMILES string of the molecule is CC(C)(C)[Si](C)(C)OCc1ccc(Br)cc1N1CCS(=O)(=O)CC1. The summed E-state index contributed by atoms with van der Waals surface area (Å²) in [5.74, 6) is 0.449. The third-order valence-electron chi connectivity index (χ3n) is 5.13. The van der Waals surface area contributed by atoms with Crippen molar-refractivity contribution in [2.24, 2.45) is 0 Å². The molecule has 136 valence electrons. The van der Waals surface area contributed by atoms with E-state index in [1.807, 2.05) is 6.07 Å². The van der Waals surface area contributed by atoms with Crippen molar-refractivity contribution in [1.82, 2.24) is 0 Å².